The topological polar surface area (TPSA) is 59.0 Å². The van der Waals surface area contributed by atoms with E-state index in [1.54, 1.807) is 19.2 Å². The van der Waals surface area contributed by atoms with Gasteiger partial charge in [-0.3, -0.25) is 4.90 Å². The van der Waals surface area contributed by atoms with Crippen LogP contribution in [0.2, 0.25) is 0 Å². The Morgan fingerprint density at radius 2 is 2.11 bits per heavy atom. The number of hydrogen-bond acceptors (Lipinski definition) is 4. The summed E-state index contributed by atoms with van der Waals surface area (Å²) in [6.07, 6.45) is 0. The van der Waals surface area contributed by atoms with Crippen molar-refractivity contribution in [3.63, 3.8) is 0 Å². The van der Waals surface area contributed by atoms with Crippen LogP contribution in [-0.2, 0) is 11.3 Å². The zero-order valence-electron chi connectivity index (χ0n) is 10.8. The van der Waals surface area contributed by atoms with Crippen molar-refractivity contribution in [2.75, 3.05) is 33.4 Å². The van der Waals surface area contributed by atoms with Crippen molar-refractivity contribution in [1.29, 1.82) is 0 Å². The average molecular weight is 288 g/mol. The number of carbonyl (C=O) groups is 1. The van der Waals surface area contributed by atoms with Gasteiger partial charge in [0.15, 0.2) is 0 Å². The van der Waals surface area contributed by atoms with Gasteiger partial charge in [-0.25, -0.2) is 4.79 Å². The second-order valence-corrected chi connectivity index (χ2v) is 4.22. The smallest absolute Gasteiger partial charge is 0.335 e. The van der Waals surface area contributed by atoms with Crippen molar-refractivity contribution in [3.8, 4) is 5.75 Å². The molecule has 0 amide bonds. The molecule has 0 saturated carbocycles. The lowest BCUT2D eigenvalue weighted by atomic mass is 10.1. The van der Waals surface area contributed by atoms with E-state index >= 15 is 0 Å². The maximum atomic E-state index is 10.9. The third kappa shape index (κ3) is 4.09. The Labute approximate surface area is 118 Å². The molecular weight excluding hydrogens is 270 g/mol. The second-order valence-electron chi connectivity index (χ2n) is 4.22. The van der Waals surface area contributed by atoms with Crippen LogP contribution in [0.3, 0.4) is 0 Å². The number of aromatic carboxylic acids is 1. The lowest BCUT2D eigenvalue weighted by molar-refractivity contribution is 0.0339. The number of morpholine rings is 1. The van der Waals surface area contributed by atoms with Crippen molar-refractivity contribution in [2.45, 2.75) is 6.54 Å². The van der Waals surface area contributed by atoms with E-state index in [9.17, 15) is 4.79 Å². The SMILES string of the molecule is COc1cc(C(=O)O)ccc1CN1CCOCC1.Cl. The summed E-state index contributed by atoms with van der Waals surface area (Å²) in [7, 11) is 1.56. The summed E-state index contributed by atoms with van der Waals surface area (Å²) in [5.41, 5.74) is 1.25. The molecule has 19 heavy (non-hydrogen) atoms. The first-order valence-electron chi connectivity index (χ1n) is 5.91. The fraction of sp³-hybridized carbons (Fsp3) is 0.462. The summed E-state index contributed by atoms with van der Waals surface area (Å²) in [6.45, 7) is 4.03. The Balaban J connectivity index is 0.00000180. The van der Waals surface area contributed by atoms with Gasteiger partial charge in [0.25, 0.3) is 0 Å². The molecule has 2 rings (SSSR count). The zero-order chi connectivity index (χ0) is 13.0. The molecule has 0 aliphatic carbocycles. The zero-order valence-corrected chi connectivity index (χ0v) is 11.6. The van der Waals surface area contributed by atoms with Crippen LogP contribution in [0.1, 0.15) is 15.9 Å². The van der Waals surface area contributed by atoms with Gasteiger partial charge in [-0.1, -0.05) is 6.07 Å². The minimum absolute atomic E-state index is 0. The van der Waals surface area contributed by atoms with Crippen LogP contribution < -0.4 is 4.74 Å². The summed E-state index contributed by atoms with van der Waals surface area (Å²) < 4.78 is 10.6. The van der Waals surface area contributed by atoms with E-state index in [-0.39, 0.29) is 18.0 Å². The fourth-order valence-corrected chi connectivity index (χ4v) is 2.01. The second kappa shape index (κ2) is 7.33. The molecule has 6 heteroatoms. The Morgan fingerprint density at radius 1 is 1.42 bits per heavy atom. The lowest BCUT2D eigenvalue weighted by Gasteiger charge is -2.27. The Morgan fingerprint density at radius 3 is 2.68 bits per heavy atom. The number of rotatable bonds is 4. The van der Waals surface area contributed by atoms with Gasteiger partial charge in [0.1, 0.15) is 5.75 Å². The van der Waals surface area contributed by atoms with Gasteiger partial charge in [0.2, 0.25) is 0 Å². The summed E-state index contributed by atoms with van der Waals surface area (Å²) in [6, 6.07) is 5.00. The molecule has 1 aromatic carbocycles. The van der Waals surface area contributed by atoms with Crippen LogP contribution in [0.25, 0.3) is 0 Å². The van der Waals surface area contributed by atoms with Crippen molar-refractivity contribution in [1.82, 2.24) is 4.90 Å². The highest BCUT2D eigenvalue weighted by atomic mass is 35.5. The third-order valence-corrected chi connectivity index (χ3v) is 3.03. The minimum Gasteiger partial charge on any atom is -0.496 e. The molecule has 0 radical (unpaired) electrons. The van der Waals surface area contributed by atoms with E-state index in [1.165, 1.54) is 0 Å². The van der Waals surface area contributed by atoms with Gasteiger partial charge in [-0.05, 0) is 12.1 Å². The summed E-state index contributed by atoms with van der Waals surface area (Å²) >= 11 is 0. The first-order chi connectivity index (χ1) is 8.70. The van der Waals surface area contributed by atoms with E-state index in [0.717, 1.165) is 38.4 Å². The van der Waals surface area contributed by atoms with E-state index in [0.29, 0.717) is 5.75 Å². The molecule has 1 aromatic rings. The standard InChI is InChI=1S/C13H17NO4.ClH/c1-17-12-8-10(13(15)16)2-3-11(12)9-14-4-6-18-7-5-14;/h2-3,8H,4-7,9H2,1H3,(H,15,16);1H. The van der Waals surface area contributed by atoms with Gasteiger partial charge in [0, 0.05) is 25.2 Å². The molecule has 0 aromatic heterocycles. The van der Waals surface area contributed by atoms with Gasteiger partial charge >= 0.3 is 5.97 Å². The molecule has 5 nitrogen and oxygen atoms in total. The van der Waals surface area contributed by atoms with Crippen molar-refractivity contribution < 1.29 is 19.4 Å². The normalized spacial score (nSPS) is 15.6. The third-order valence-electron chi connectivity index (χ3n) is 3.03. The van der Waals surface area contributed by atoms with Gasteiger partial charge in [0.05, 0.1) is 25.9 Å². The van der Waals surface area contributed by atoms with Crippen LogP contribution in [0.5, 0.6) is 5.75 Å². The minimum atomic E-state index is -0.939. The molecule has 0 unspecified atom stereocenters. The first kappa shape index (κ1) is 15.8. The van der Waals surface area contributed by atoms with Gasteiger partial charge < -0.3 is 14.6 Å². The van der Waals surface area contributed by atoms with E-state index in [2.05, 4.69) is 4.90 Å². The highest BCUT2D eigenvalue weighted by molar-refractivity contribution is 5.88. The van der Waals surface area contributed by atoms with Crippen LogP contribution in [0.15, 0.2) is 18.2 Å². The van der Waals surface area contributed by atoms with E-state index in [1.807, 2.05) is 6.07 Å². The molecule has 1 saturated heterocycles. The average Bonchev–Trinajstić information content (AvgIpc) is 2.40. The Hall–Kier alpha value is -1.30. The van der Waals surface area contributed by atoms with Crippen molar-refractivity contribution in [3.05, 3.63) is 29.3 Å². The van der Waals surface area contributed by atoms with Crippen LogP contribution in [0, 0.1) is 0 Å². The van der Waals surface area contributed by atoms with E-state index < -0.39 is 5.97 Å². The number of carboxylic acids is 1. The van der Waals surface area contributed by atoms with Crippen LogP contribution in [-0.4, -0.2) is 49.4 Å². The molecule has 0 bridgehead atoms. The highest BCUT2D eigenvalue weighted by Gasteiger charge is 2.14. The summed E-state index contributed by atoms with van der Waals surface area (Å²) in [5.74, 6) is -0.312. The maximum Gasteiger partial charge on any atom is 0.335 e. The number of methoxy groups -OCH3 is 1. The van der Waals surface area contributed by atoms with Crippen LogP contribution in [0.4, 0.5) is 0 Å². The molecule has 1 aliphatic rings. The van der Waals surface area contributed by atoms with Crippen molar-refractivity contribution in [2.24, 2.45) is 0 Å². The summed E-state index contributed by atoms with van der Waals surface area (Å²) in [5, 5.41) is 8.93. The molecule has 1 aliphatic heterocycles. The van der Waals surface area contributed by atoms with Crippen LogP contribution >= 0.6 is 12.4 Å². The number of benzene rings is 1. The van der Waals surface area contributed by atoms with E-state index in [4.69, 9.17) is 14.6 Å². The predicted octanol–water partition coefficient (Wildman–Crippen LogP) is 1.65. The van der Waals surface area contributed by atoms with Gasteiger partial charge in [-0.2, -0.15) is 0 Å². The highest BCUT2D eigenvalue weighted by Crippen LogP contribution is 2.22. The first-order valence-corrected chi connectivity index (χ1v) is 5.91. The number of carboxylic acid groups (broad SMARTS) is 1. The fourth-order valence-electron chi connectivity index (χ4n) is 2.01. The lowest BCUT2D eigenvalue weighted by Crippen LogP contribution is -2.35. The Bertz CT molecular complexity index is 433. The number of ether oxygens (including phenoxy) is 2. The number of nitrogens with zero attached hydrogens (tertiary/aromatic N) is 1. The largest absolute Gasteiger partial charge is 0.496 e. The van der Waals surface area contributed by atoms with Crippen molar-refractivity contribution >= 4 is 18.4 Å². The molecule has 106 valence electrons. The molecule has 0 atom stereocenters. The maximum absolute atomic E-state index is 10.9. The monoisotopic (exact) mass is 287 g/mol. The Kier molecular flexibility index (Phi) is 6.08. The predicted molar refractivity (Wildman–Crippen MR) is 73.3 cm³/mol. The number of hydrogen-bond donors (Lipinski definition) is 1. The quantitative estimate of drug-likeness (QED) is 0.912. The number of halogens is 1. The molecule has 1 N–H and O–H groups in total. The molecular formula is C13H18ClNO4. The summed E-state index contributed by atoms with van der Waals surface area (Å²) in [4.78, 5) is 13.2. The van der Waals surface area contributed by atoms with Gasteiger partial charge in [-0.15, -0.1) is 12.4 Å². The molecule has 1 fully saturated rings. The molecule has 0 spiro atoms. The molecule has 1 heterocycles.